The normalized spacial score (nSPS) is 25.9. The van der Waals surface area contributed by atoms with Crippen LogP contribution in [0.25, 0.3) is 0 Å². The predicted octanol–water partition coefficient (Wildman–Crippen LogP) is 2.40. The molecule has 0 bridgehead atoms. The first-order valence-electron chi connectivity index (χ1n) is 5.96. The van der Waals surface area contributed by atoms with Gasteiger partial charge in [0.05, 0.1) is 12.3 Å². The highest BCUT2D eigenvalue weighted by atomic mass is 35.5. The zero-order valence-electron chi connectivity index (χ0n) is 9.95. The SMILES string of the molecule is CCn1nc(C)cc1CC1COCCC1Cl. The zero-order valence-corrected chi connectivity index (χ0v) is 10.7. The zero-order chi connectivity index (χ0) is 11.5. The standard InChI is InChI=1S/C12H19ClN2O/c1-3-15-11(6-9(2)14-15)7-10-8-16-5-4-12(10)13/h6,10,12H,3-5,7-8H2,1-2H3. The molecule has 16 heavy (non-hydrogen) atoms. The molecule has 0 spiro atoms. The summed E-state index contributed by atoms with van der Waals surface area (Å²) in [5.41, 5.74) is 2.36. The molecule has 0 radical (unpaired) electrons. The van der Waals surface area contributed by atoms with Gasteiger partial charge in [-0.3, -0.25) is 4.68 Å². The molecule has 3 nitrogen and oxygen atoms in total. The smallest absolute Gasteiger partial charge is 0.0596 e. The van der Waals surface area contributed by atoms with Crippen LogP contribution in [0.3, 0.4) is 0 Å². The first-order valence-corrected chi connectivity index (χ1v) is 6.39. The lowest BCUT2D eigenvalue weighted by molar-refractivity contribution is 0.0570. The average Bonchev–Trinajstić information content (AvgIpc) is 2.62. The van der Waals surface area contributed by atoms with E-state index in [2.05, 4.69) is 22.8 Å². The van der Waals surface area contributed by atoms with Crippen molar-refractivity contribution in [1.82, 2.24) is 9.78 Å². The highest BCUT2D eigenvalue weighted by Gasteiger charge is 2.25. The van der Waals surface area contributed by atoms with Crippen LogP contribution in [0.4, 0.5) is 0 Å². The highest BCUT2D eigenvalue weighted by Crippen LogP contribution is 2.24. The third kappa shape index (κ3) is 2.58. The van der Waals surface area contributed by atoms with E-state index in [0.717, 1.165) is 38.3 Å². The molecule has 0 aliphatic carbocycles. The van der Waals surface area contributed by atoms with Crippen LogP contribution < -0.4 is 0 Å². The van der Waals surface area contributed by atoms with Gasteiger partial charge in [0.25, 0.3) is 0 Å². The third-order valence-electron chi connectivity index (χ3n) is 3.14. The summed E-state index contributed by atoms with van der Waals surface area (Å²) in [5, 5.41) is 4.70. The van der Waals surface area contributed by atoms with Gasteiger partial charge in [-0.2, -0.15) is 5.10 Å². The van der Waals surface area contributed by atoms with E-state index in [0.29, 0.717) is 5.92 Å². The summed E-state index contributed by atoms with van der Waals surface area (Å²) < 4.78 is 7.55. The summed E-state index contributed by atoms with van der Waals surface area (Å²) in [6.45, 7) is 6.65. The maximum absolute atomic E-state index is 6.33. The second-order valence-electron chi connectivity index (χ2n) is 4.44. The number of hydrogen-bond acceptors (Lipinski definition) is 2. The van der Waals surface area contributed by atoms with Crippen molar-refractivity contribution in [1.29, 1.82) is 0 Å². The van der Waals surface area contributed by atoms with Crippen molar-refractivity contribution in [2.24, 2.45) is 5.92 Å². The Morgan fingerprint density at radius 2 is 2.44 bits per heavy atom. The van der Waals surface area contributed by atoms with E-state index in [9.17, 15) is 0 Å². The number of rotatable bonds is 3. The largest absolute Gasteiger partial charge is 0.381 e. The van der Waals surface area contributed by atoms with Crippen molar-refractivity contribution in [3.05, 3.63) is 17.5 Å². The Hall–Kier alpha value is -0.540. The van der Waals surface area contributed by atoms with E-state index in [1.54, 1.807) is 0 Å². The Bertz CT molecular complexity index is 351. The van der Waals surface area contributed by atoms with E-state index in [1.165, 1.54) is 5.69 Å². The van der Waals surface area contributed by atoms with Crippen LogP contribution in [0.5, 0.6) is 0 Å². The first-order chi connectivity index (χ1) is 7.70. The van der Waals surface area contributed by atoms with Crippen molar-refractivity contribution >= 4 is 11.6 Å². The van der Waals surface area contributed by atoms with E-state index in [-0.39, 0.29) is 5.38 Å². The molecule has 2 heterocycles. The van der Waals surface area contributed by atoms with Crippen molar-refractivity contribution in [2.45, 2.75) is 38.6 Å². The summed E-state index contributed by atoms with van der Waals surface area (Å²) in [5.74, 6) is 0.428. The molecular formula is C12H19ClN2O. The van der Waals surface area contributed by atoms with Gasteiger partial charge in [-0.15, -0.1) is 11.6 Å². The molecule has 0 saturated carbocycles. The second kappa shape index (κ2) is 5.19. The molecule has 0 N–H and O–H groups in total. The number of nitrogens with zero attached hydrogens (tertiary/aromatic N) is 2. The van der Waals surface area contributed by atoms with Crippen LogP contribution in [0.1, 0.15) is 24.7 Å². The number of halogens is 1. The lowest BCUT2D eigenvalue weighted by Gasteiger charge is -2.27. The summed E-state index contributed by atoms with van der Waals surface area (Å²) in [4.78, 5) is 0. The van der Waals surface area contributed by atoms with Crippen LogP contribution in [-0.4, -0.2) is 28.4 Å². The van der Waals surface area contributed by atoms with Crippen LogP contribution in [0, 0.1) is 12.8 Å². The molecule has 1 aromatic rings. The van der Waals surface area contributed by atoms with Gasteiger partial charge in [0.2, 0.25) is 0 Å². The van der Waals surface area contributed by atoms with Crippen LogP contribution in [0.2, 0.25) is 0 Å². The number of aryl methyl sites for hydroxylation is 2. The van der Waals surface area contributed by atoms with Crippen molar-refractivity contribution in [3.8, 4) is 0 Å². The summed E-state index contributed by atoms with van der Waals surface area (Å²) in [6.07, 6.45) is 1.94. The topological polar surface area (TPSA) is 27.1 Å². The van der Waals surface area contributed by atoms with Gasteiger partial charge >= 0.3 is 0 Å². The molecule has 1 aromatic heterocycles. The first kappa shape index (κ1) is 11.9. The van der Waals surface area contributed by atoms with Gasteiger partial charge < -0.3 is 4.74 Å². The van der Waals surface area contributed by atoms with Gasteiger partial charge in [0.1, 0.15) is 0 Å². The molecule has 4 heteroatoms. The van der Waals surface area contributed by atoms with Gasteiger partial charge in [-0.25, -0.2) is 0 Å². The lowest BCUT2D eigenvalue weighted by Crippen LogP contribution is -2.30. The van der Waals surface area contributed by atoms with Gasteiger partial charge in [0, 0.05) is 30.1 Å². The minimum Gasteiger partial charge on any atom is -0.381 e. The molecule has 1 saturated heterocycles. The van der Waals surface area contributed by atoms with E-state index in [1.807, 2.05) is 6.92 Å². The number of alkyl halides is 1. The minimum atomic E-state index is 0.245. The fourth-order valence-corrected chi connectivity index (χ4v) is 2.51. The number of ether oxygens (including phenoxy) is 1. The lowest BCUT2D eigenvalue weighted by atomic mass is 9.96. The molecule has 1 aliphatic rings. The fourth-order valence-electron chi connectivity index (χ4n) is 2.26. The van der Waals surface area contributed by atoms with Crippen molar-refractivity contribution in [3.63, 3.8) is 0 Å². The molecule has 2 atom stereocenters. The minimum absolute atomic E-state index is 0.245. The van der Waals surface area contributed by atoms with Crippen LogP contribution in [-0.2, 0) is 17.7 Å². The van der Waals surface area contributed by atoms with Gasteiger partial charge in [-0.05, 0) is 32.8 Å². The molecule has 1 aliphatic heterocycles. The molecule has 2 unspecified atom stereocenters. The van der Waals surface area contributed by atoms with Gasteiger partial charge in [-0.1, -0.05) is 0 Å². The van der Waals surface area contributed by atoms with Gasteiger partial charge in [0.15, 0.2) is 0 Å². The maximum Gasteiger partial charge on any atom is 0.0596 e. The third-order valence-corrected chi connectivity index (χ3v) is 3.71. The van der Waals surface area contributed by atoms with E-state index < -0.39 is 0 Å². The quantitative estimate of drug-likeness (QED) is 0.762. The monoisotopic (exact) mass is 242 g/mol. The Morgan fingerprint density at radius 3 is 3.12 bits per heavy atom. The van der Waals surface area contributed by atoms with Crippen LogP contribution >= 0.6 is 11.6 Å². The van der Waals surface area contributed by atoms with Crippen LogP contribution in [0.15, 0.2) is 6.07 Å². The molecule has 90 valence electrons. The summed E-state index contributed by atoms with van der Waals surface area (Å²) in [6, 6.07) is 2.15. The molecular weight excluding hydrogens is 224 g/mol. The number of aromatic nitrogens is 2. The summed E-state index contributed by atoms with van der Waals surface area (Å²) >= 11 is 6.33. The fraction of sp³-hybridized carbons (Fsp3) is 0.750. The molecule has 2 rings (SSSR count). The second-order valence-corrected chi connectivity index (χ2v) is 5.00. The van der Waals surface area contributed by atoms with E-state index in [4.69, 9.17) is 16.3 Å². The maximum atomic E-state index is 6.33. The Kier molecular flexibility index (Phi) is 3.87. The highest BCUT2D eigenvalue weighted by molar-refractivity contribution is 6.20. The molecule has 0 amide bonds. The summed E-state index contributed by atoms with van der Waals surface area (Å²) in [7, 11) is 0. The van der Waals surface area contributed by atoms with Crippen molar-refractivity contribution in [2.75, 3.05) is 13.2 Å². The molecule has 1 fully saturated rings. The molecule has 0 aromatic carbocycles. The Morgan fingerprint density at radius 1 is 1.62 bits per heavy atom. The van der Waals surface area contributed by atoms with Crippen molar-refractivity contribution < 1.29 is 4.74 Å². The Balaban J connectivity index is 2.06. The average molecular weight is 243 g/mol. The number of hydrogen-bond donors (Lipinski definition) is 0. The Labute approximate surface area is 102 Å². The van der Waals surface area contributed by atoms with E-state index >= 15 is 0 Å². The predicted molar refractivity (Wildman–Crippen MR) is 64.9 cm³/mol.